The number of ether oxygens (including phenoxy) is 1. The highest BCUT2D eigenvalue weighted by Gasteiger charge is 2.26. The van der Waals surface area contributed by atoms with Crippen LogP contribution in [-0.2, 0) is 0 Å². The van der Waals surface area contributed by atoms with Crippen molar-refractivity contribution in [3.05, 3.63) is 60.4 Å². The minimum absolute atomic E-state index is 0.0799. The number of H-pyrrole nitrogens is 1. The van der Waals surface area contributed by atoms with E-state index in [4.69, 9.17) is 16.3 Å². The molecule has 8 heteroatoms. The van der Waals surface area contributed by atoms with Gasteiger partial charge in [0, 0.05) is 28.0 Å². The number of carboxylic acid groups (broad SMARTS) is 1. The van der Waals surface area contributed by atoms with Gasteiger partial charge in [0.25, 0.3) is 5.56 Å². The van der Waals surface area contributed by atoms with Crippen molar-refractivity contribution in [2.75, 3.05) is 13.2 Å². The number of halogens is 2. The monoisotopic (exact) mass is 580 g/mol. The number of amides is 1. The van der Waals surface area contributed by atoms with E-state index in [1.54, 1.807) is 6.07 Å². The van der Waals surface area contributed by atoms with Crippen LogP contribution in [0.2, 0.25) is 5.02 Å². The Labute approximate surface area is 211 Å². The van der Waals surface area contributed by atoms with Crippen LogP contribution >= 0.6 is 34.2 Å². The molecule has 1 fully saturated rings. The number of aromatic amines is 1. The van der Waals surface area contributed by atoms with Crippen LogP contribution in [0.4, 0.5) is 4.79 Å². The van der Waals surface area contributed by atoms with Crippen molar-refractivity contribution in [3.8, 4) is 16.9 Å². The number of hydrogen-bond acceptors (Lipinski definition) is 3. The predicted octanol–water partition coefficient (Wildman–Crippen LogP) is 6.37. The summed E-state index contributed by atoms with van der Waals surface area (Å²) < 4.78 is 7.16. The summed E-state index contributed by atoms with van der Waals surface area (Å²) >= 11 is 8.48. The van der Waals surface area contributed by atoms with Crippen LogP contribution < -0.4 is 10.3 Å². The maximum atomic E-state index is 13.2. The van der Waals surface area contributed by atoms with E-state index in [1.165, 1.54) is 4.90 Å². The van der Waals surface area contributed by atoms with Crippen LogP contribution in [0.5, 0.6) is 5.75 Å². The van der Waals surface area contributed by atoms with Gasteiger partial charge in [-0.2, -0.15) is 0 Å². The molecule has 4 rings (SSSR count). The largest absolute Gasteiger partial charge is 0.492 e. The predicted molar refractivity (Wildman–Crippen MR) is 140 cm³/mol. The highest BCUT2D eigenvalue weighted by molar-refractivity contribution is 14.1. The number of carbonyl (C=O) groups is 1. The van der Waals surface area contributed by atoms with Gasteiger partial charge in [0.15, 0.2) is 0 Å². The first-order valence-corrected chi connectivity index (χ1v) is 12.5. The third-order valence-electron chi connectivity index (χ3n) is 6.09. The summed E-state index contributed by atoms with van der Waals surface area (Å²) in [4.78, 5) is 29.3. The highest BCUT2D eigenvalue weighted by atomic mass is 127. The first-order chi connectivity index (χ1) is 15.7. The minimum atomic E-state index is -0.888. The lowest BCUT2D eigenvalue weighted by Crippen LogP contribution is -2.43. The van der Waals surface area contributed by atoms with Gasteiger partial charge in [-0.05, 0) is 73.4 Å². The normalized spacial score (nSPS) is 16.2. The zero-order valence-electron chi connectivity index (χ0n) is 18.6. The maximum absolute atomic E-state index is 13.2. The van der Waals surface area contributed by atoms with Crippen molar-refractivity contribution in [3.63, 3.8) is 0 Å². The van der Waals surface area contributed by atoms with Crippen LogP contribution in [0.3, 0.4) is 0 Å². The van der Waals surface area contributed by atoms with Gasteiger partial charge in [0.1, 0.15) is 5.75 Å². The molecule has 1 unspecified atom stereocenters. The zero-order chi connectivity index (χ0) is 23.7. The van der Waals surface area contributed by atoms with Crippen LogP contribution in [0.1, 0.15) is 36.8 Å². The molecule has 0 radical (unpaired) electrons. The van der Waals surface area contributed by atoms with E-state index in [9.17, 15) is 14.7 Å². The molecule has 0 bridgehead atoms. The lowest BCUT2D eigenvalue weighted by atomic mass is 9.99. The summed E-state index contributed by atoms with van der Waals surface area (Å²) in [6.45, 7) is 4.86. The van der Waals surface area contributed by atoms with Crippen LogP contribution in [0.15, 0.2) is 35.1 Å². The second kappa shape index (κ2) is 9.93. The second-order valence-corrected chi connectivity index (χ2v) is 10.2. The summed E-state index contributed by atoms with van der Waals surface area (Å²) in [7, 11) is 0. The Morgan fingerprint density at radius 1 is 1.21 bits per heavy atom. The molecule has 1 saturated heterocycles. The van der Waals surface area contributed by atoms with Gasteiger partial charge < -0.3 is 19.7 Å². The molecule has 0 saturated carbocycles. The molecule has 0 aliphatic carbocycles. The molecule has 2 aromatic carbocycles. The fraction of sp³-hybridized carbons (Fsp3) is 0.360. The van der Waals surface area contributed by atoms with Crippen molar-refractivity contribution in [1.82, 2.24) is 9.88 Å². The van der Waals surface area contributed by atoms with Gasteiger partial charge >= 0.3 is 6.09 Å². The van der Waals surface area contributed by atoms with Crippen molar-refractivity contribution >= 4 is 51.2 Å². The first-order valence-electron chi connectivity index (χ1n) is 11.0. The van der Waals surface area contributed by atoms with E-state index in [0.29, 0.717) is 41.4 Å². The summed E-state index contributed by atoms with van der Waals surface area (Å²) in [5.74, 6) is 0.506. The van der Waals surface area contributed by atoms with Gasteiger partial charge in [-0.15, -0.1) is 0 Å². The van der Waals surface area contributed by atoms with Gasteiger partial charge in [0.2, 0.25) is 0 Å². The highest BCUT2D eigenvalue weighted by Crippen LogP contribution is 2.37. The van der Waals surface area contributed by atoms with Crippen molar-refractivity contribution < 1.29 is 14.6 Å². The number of aryl methyl sites for hydroxylation is 2. The number of hydrogen-bond donors (Lipinski definition) is 2. The van der Waals surface area contributed by atoms with Crippen LogP contribution in [0, 0.1) is 17.4 Å². The standard InChI is InChI=1S/C25H26ClIN2O4/c1-14-9-15(2)11-16(10-14)22-23(18-12-20(27)19(26)13-21(18)28-24(22)30)33-8-6-17-5-3-4-7-29(17)25(31)32/h9-13,17H,3-8H2,1-2H3,(H,28,30)(H,31,32). The Morgan fingerprint density at radius 3 is 2.64 bits per heavy atom. The van der Waals surface area contributed by atoms with Crippen molar-refractivity contribution in [2.45, 2.75) is 45.6 Å². The Morgan fingerprint density at radius 2 is 1.94 bits per heavy atom. The van der Waals surface area contributed by atoms with Crippen molar-refractivity contribution in [2.24, 2.45) is 0 Å². The molecule has 0 spiro atoms. The summed E-state index contributed by atoms with van der Waals surface area (Å²) in [6.07, 6.45) is 2.40. The molecule has 1 aliphatic heterocycles. The molecule has 174 valence electrons. The van der Waals surface area contributed by atoms with Crippen molar-refractivity contribution in [1.29, 1.82) is 0 Å². The van der Waals surface area contributed by atoms with Gasteiger partial charge in [-0.1, -0.05) is 40.9 Å². The SMILES string of the molecule is Cc1cc(C)cc(-c2c(OCCC3CCCCN3C(=O)O)c3cc(I)c(Cl)cc3[nH]c2=O)c1. The molecule has 3 aromatic rings. The van der Waals surface area contributed by atoms with Gasteiger partial charge in [-0.25, -0.2) is 4.79 Å². The molecule has 2 N–H and O–H groups in total. The smallest absolute Gasteiger partial charge is 0.407 e. The zero-order valence-corrected chi connectivity index (χ0v) is 21.5. The number of nitrogens with one attached hydrogen (secondary N) is 1. The topological polar surface area (TPSA) is 82.6 Å². The summed E-state index contributed by atoms with van der Waals surface area (Å²) in [5, 5.41) is 10.9. The van der Waals surface area contributed by atoms with Crippen LogP contribution in [0.25, 0.3) is 22.0 Å². The second-order valence-electron chi connectivity index (χ2n) is 8.61. The lowest BCUT2D eigenvalue weighted by molar-refractivity contribution is 0.0969. The van der Waals surface area contributed by atoms with E-state index >= 15 is 0 Å². The minimum Gasteiger partial charge on any atom is -0.492 e. The molecular weight excluding hydrogens is 555 g/mol. The van der Waals surface area contributed by atoms with E-state index in [0.717, 1.165) is 44.9 Å². The van der Waals surface area contributed by atoms with E-state index in [2.05, 4.69) is 33.6 Å². The van der Waals surface area contributed by atoms with Crippen LogP contribution in [-0.4, -0.2) is 40.3 Å². The number of aromatic nitrogens is 1. The van der Waals surface area contributed by atoms with Gasteiger partial charge in [0.05, 0.1) is 22.7 Å². The Balaban J connectivity index is 1.76. The Hall–Kier alpha value is -2.26. The number of benzene rings is 2. The fourth-order valence-electron chi connectivity index (χ4n) is 4.64. The fourth-order valence-corrected chi connectivity index (χ4v) is 5.27. The van der Waals surface area contributed by atoms with Gasteiger partial charge in [-0.3, -0.25) is 4.79 Å². The van der Waals surface area contributed by atoms with E-state index in [-0.39, 0.29) is 11.6 Å². The van der Waals surface area contributed by atoms with E-state index in [1.807, 2.05) is 32.0 Å². The quantitative estimate of drug-likeness (QED) is 0.344. The maximum Gasteiger partial charge on any atom is 0.407 e. The Kier molecular flexibility index (Phi) is 7.19. The molecule has 1 atom stereocenters. The average Bonchev–Trinajstić information content (AvgIpc) is 2.74. The third kappa shape index (κ3) is 5.14. The number of fused-ring (bicyclic) bond motifs is 1. The average molecular weight is 581 g/mol. The molecule has 33 heavy (non-hydrogen) atoms. The number of rotatable bonds is 5. The molecular formula is C25H26ClIN2O4. The molecule has 1 aliphatic rings. The number of nitrogens with zero attached hydrogens (tertiary/aromatic N) is 1. The third-order valence-corrected chi connectivity index (χ3v) is 7.61. The molecule has 6 nitrogen and oxygen atoms in total. The Bertz CT molecular complexity index is 1250. The molecule has 2 heterocycles. The number of pyridine rings is 1. The first kappa shape index (κ1) is 23.9. The summed E-state index contributed by atoms with van der Waals surface area (Å²) in [5.41, 5.74) is 3.75. The summed E-state index contributed by atoms with van der Waals surface area (Å²) in [6, 6.07) is 9.59. The number of piperidine rings is 1. The number of likely N-dealkylation sites (tertiary alicyclic amines) is 1. The lowest BCUT2D eigenvalue weighted by Gasteiger charge is -2.33. The molecule has 1 aromatic heterocycles. The van der Waals surface area contributed by atoms with E-state index < -0.39 is 6.09 Å². The molecule has 1 amide bonds.